The van der Waals surface area contributed by atoms with Gasteiger partial charge in [-0.2, -0.15) is 0 Å². The lowest BCUT2D eigenvalue weighted by molar-refractivity contribution is -0.122. The van der Waals surface area contributed by atoms with Crippen molar-refractivity contribution in [3.05, 3.63) is 54.1 Å². The number of imide groups is 1. The van der Waals surface area contributed by atoms with Gasteiger partial charge in [0.15, 0.2) is 0 Å². The number of rotatable bonds is 5. The highest BCUT2D eigenvalue weighted by molar-refractivity contribution is 6.21. The monoisotopic (exact) mass is 325 g/mol. The van der Waals surface area contributed by atoms with Crippen molar-refractivity contribution < 1.29 is 19.1 Å². The molecule has 0 bridgehead atoms. The third-order valence-corrected chi connectivity index (χ3v) is 4.21. The number of nitrogens with zero attached hydrogens (tertiary/aromatic N) is 1. The van der Waals surface area contributed by atoms with E-state index in [1.54, 1.807) is 38.5 Å². The molecule has 1 atom stereocenters. The van der Waals surface area contributed by atoms with Crippen molar-refractivity contribution in [1.29, 1.82) is 0 Å². The zero-order valence-corrected chi connectivity index (χ0v) is 13.7. The van der Waals surface area contributed by atoms with E-state index in [1.807, 2.05) is 24.3 Å². The van der Waals surface area contributed by atoms with Gasteiger partial charge in [-0.1, -0.05) is 12.1 Å². The van der Waals surface area contributed by atoms with Gasteiger partial charge in [-0.3, -0.25) is 14.5 Å². The average molecular weight is 325 g/mol. The largest absolute Gasteiger partial charge is 0.497 e. The first-order valence-electron chi connectivity index (χ1n) is 7.76. The second kappa shape index (κ2) is 6.74. The van der Waals surface area contributed by atoms with Crippen LogP contribution in [-0.2, 0) is 16.0 Å². The molecule has 0 spiro atoms. The number of amides is 2. The minimum Gasteiger partial charge on any atom is -0.497 e. The molecule has 0 unspecified atom stereocenters. The fourth-order valence-corrected chi connectivity index (χ4v) is 2.90. The summed E-state index contributed by atoms with van der Waals surface area (Å²) in [4.78, 5) is 26.2. The molecule has 0 radical (unpaired) electrons. The molecule has 2 aromatic carbocycles. The van der Waals surface area contributed by atoms with Crippen molar-refractivity contribution in [3.63, 3.8) is 0 Å². The summed E-state index contributed by atoms with van der Waals surface area (Å²) in [6.07, 6.45) is 0.776. The highest BCUT2D eigenvalue weighted by atomic mass is 16.5. The van der Waals surface area contributed by atoms with Crippen molar-refractivity contribution in [2.75, 3.05) is 19.1 Å². The Kier molecular flexibility index (Phi) is 4.51. The van der Waals surface area contributed by atoms with E-state index in [4.69, 9.17) is 9.47 Å². The van der Waals surface area contributed by atoms with Crippen LogP contribution in [0.5, 0.6) is 11.5 Å². The Morgan fingerprint density at radius 1 is 0.917 bits per heavy atom. The normalized spacial score (nSPS) is 17.2. The number of hydrogen-bond donors (Lipinski definition) is 0. The quantitative estimate of drug-likeness (QED) is 0.793. The molecule has 2 aromatic rings. The smallest absolute Gasteiger partial charge is 0.237 e. The van der Waals surface area contributed by atoms with E-state index in [-0.39, 0.29) is 24.2 Å². The Hall–Kier alpha value is -2.82. The lowest BCUT2D eigenvalue weighted by Gasteiger charge is -2.15. The molecular formula is C19H19NO4. The number of benzene rings is 2. The fourth-order valence-electron chi connectivity index (χ4n) is 2.90. The summed E-state index contributed by atoms with van der Waals surface area (Å²) in [5.41, 5.74) is 1.60. The summed E-state index contributed by atoms with van der Waals surface area (Å²) in [7, 11) is 3.19. The molecule has 5 heteroatoms. The number of carbonyl (C=O) groups is 2. The maximum absolute atomic E-state index is 12.6. The molecular weight excluding hydrogens is 306 g/mol. The van der Waals surface area contributed by atoms with Crippen LogP contribution in [0.2, 0.25) is 0 Å². The van der Waals surface area contributed by atoms with Crippen molar-refractivity contribution >= 4 is 17.5 Å². The van der Waals surface area contributed by atoms with Crippen LogP contribution in [0.1, 0.15) is 12.0 Å². The highest BCUT2D eigenvalue weighted by Crippen LogP contribution is 2.30. The minimum absolute atomic E-state index is 0.152. The van der Waals surface area contributed by atoms with Crippen LogP contribution in [0, 0.1) is 5.92 Å². The molecule has 0 aromatic heterocycles. The van der Waals surface area contributed by atoms with Crippen LogP contribution in [0.4, 0.5) is 5.69 Å². The third kappa shape index (κ3) is 3.11. The first-order valence-corrected chi connectivity index (χ1v) is 7.76. The van der Waals surface area contributed by atoms with E-state index < -0.39 is 0 Å². The van der Waals surface area contributed by atoms with Crippen LogP contribution in [0.25, 0.3) is 0 Å². The summed E-state index contributed by atoms with van der Waals surface area (Å²) in [6.45, 7) is 0. The van der Waals surface area contributed by atoms with Crippen molar-refractivity contribution in [1.82, 2.24) is 0 Å². The Morgan fingerprint density at radius 2 is 1.46 bits per heavy atom. The van der Waals surface area contributed by atoms with Crippen LogP contribution in [-0.4, -0.2) is 26.0 Å². The van der Waals surface area contributed by atoms with Gasteiger partial charge in [-0.15, -0.1) is 0 Å². The van der Waals surface area contributed by atoms with Gasteiger partial charge in [0, 0.05) is 6.42 Å². The standard InChI is InChI=1S/C19H19NO4/c1-23-16-7-3-13(4-8-16)11-14-12-18(21)20(19(14)22)15-5-9-17(24-2)10-6-15/h3-10,14H,11-12H2,1-2H3/t14-/m0/s1. The van der Waals surface area contributed by atoms with Gasteiger partial charge < -0.3 is 9.47 Å². The molecule has 3 rings (SSSR count). The molecule has 1 aliphatic heterocycles. The number of anilines is 1. The Labute approximate surface area is 140 Å². The van der Waals surface area contributed by atoms with Gasteiger partial charge in [0.05, 0.1) is 25.8 Å². The van der Waals surface area contributed by atoms with Crippen molar-refractivity contribution in [3.8, 4) is 11.5 Å². The maximum atomic E-state index is 12.6. The molecule has 2 amide bonds. The number of methoxy groups -OCH3 is 2. The molecule has 0 N–H and O–H groups in total. The van der Waals surface area contributed by atoms with E-state index >= 15 is 0 Å². The van der Waals surface area contributed by atoms with E-state index in [9.17, 15) is 9.59 Å². The van der Waals surface area contributed by atoms with Crippen LogP contribution in [0.3, 0.4) is 0 Å². The van der Waals surface area contributed by atoms with Crippen LogP contribution in [0.15, 0.2) is 48.5 Å². The summed E-state index contributed by atoms with van der Waals surface area (Å²) in [5.74, 6) is 0.817. The van der Waals surface area contributed by atoms with Gasteiger partial charge in [-0.25, -0.2) is 0 Å². The Balaban J connectivity index is 1.75. The molecule has 1 fully saturated rings. The van der Waals surface area contributed by atoms with Crippen LogP contribution >= 0.6 is 0 Å². The molecule has 1 aliphatic rings. The zero-order chi connectivity index (χ0) is 17.1. The van der Waals surface area contributed by atoms with Gasteiger partial charge in [-0.05, 0) is 48.4 Å². The summed E-state index contributed by atoms with van der Waals surface area (Å²) < 4.78 is 10.2. The van der Waals surface area contributed by atoms with Gasteiger partial charge in [0.1, 0.15) is 11.5 Å². The molecule has 124 valence electrons. The third-order valence-electron chi connectivity index (χ3n) is 4.21. The molecule has 0 saturated carbocycles. The maximum Gasteiger partial charge on any atom is 0.237 e. The summed E-state index contributed by atoms with van der Waals surface area (Å²) >= 11 is 0. The lowest BCUT2D eigenvalue weighted by atomic mass is 9.98. The topological polar surface area (TPSA) is 55.8 Å². The van der Waals surface area contributed by atoms with Gasteiger partial charge in [0.25, 0.3) is 0 Å². The zero-order valence-electron chi connectivity index (χ0n) is 13.7. The molecule has 24 heavy (non-hydrogen) atoms. The van der Waals surface area contributed by atoms with Crippen molar-refractivity contribution in [2.24, 2.45) is 5.92 Å². The predicted octanol–water partition coefficient (Wildman–Crippen LogP) is 2.83. The second-order valence-electron chi connectivity index (χ2n) is 5.72. The molecule has 1 saturated heterocycles. The SMILES string of the molecule is COc1ccc(C[C@H]2CC(=O)N(c3ccc(OC)cc3)C2=O)cc1. The number of hydrogen-bond acceptors (Lipinski definition) is 4. The van der Waals surface area contributed by atoms with Crippen molar-refractivity contribution in [2.45, 2.75) is 12.8 Å². The number of carbonyl (C=O) groups excluding carboxylic acids is 2. The van der Waals surface area contributed by atoms with E-state index in [0.29, 0.717) is 17.9 Å². The van der Waals surface area contributed by atoms with Gasteiger partial charge >= 0.3 is 0 Å². The molecule has 1 heterocycles. The van der Waals surface area contributed by atoms with E-state index in [0.717, 1.165) is 11.3 Å². The minimum atomic E-state index is -0.326. The fraction of sp³-hybridized carbons (Fsp3) is 0.263. The molecule has 0 aliphatic carbocycles. The summed E-state index contributed by atoms with van der Waals surface area (Å²) in [5, 5.41) is 0. The predicted molar refractivity (Wildman–Crippen MR) is 90.3 cm³/mol. The lowest BCUT2D eigenvalue weighted by Crippen LogP contribution is -2.30. The highest BCUT2D eigenvalue weighted by Gasteiger charge is 2.39. The first-order chi connectivity index (χ1) is 11.6. The number of ether oxygens (including phenoxy) is 2. The average Bonchev–Trinajstić information content (AvgIpc) is 2.89. The van der Waals surface area contributed by atoms with Crippen LogP contribution < -0.4 is 14.4 Å². The Morgan fingerprint density at radius 3 is 2.00 bits per heavy atom. The molecule has 5 nitrogen and oxygen atoms in total. The van der Waals surface area contributed by atoms with Gasteiger partial charge in [0.2, 0.25) is 11.8 Å². The Bertz CT molecular complexity index is 737. The first kappa shape index (κ1) is 16.1. The second-order valence-corrected chi connectivity index (χ2v) is 5.72. The van der Waals surface area contributed by atoms with E-state index in [1.165, 1.54) is 4.90 Å². The summed E-state index contributed by atoms with van der Waals surface area (Å²) in [6, 6.07) is 14.5. The van der Waals surface area contributed by atoms with E-state index in [2.05, 4.69) is 0 Å².